The monoisotopic (exact) mass is 408 g/mol. The first-order valence-electron chi connectivity index (χ1n) is 11.2. The molecule has 150 valence electrons. The molecule has 2 heterocycles. The Hall–Kier alpha value is -3.97. The molecule has 1 aliphatic heterocycles. The van der Waals surface area contributed by atoms with Crippen molar-refractivity contribution in [3.8, 4) is 22.3 Å². The van der Waals surface area contributed by atoms with Gasteiger partial charge in [-0.3, -0.25) is 0 Å². The predicted octanol–water partition coefficient (Wildman–Crippen LogP) is 7.44. The largest absolute Gasteiger partial charge is 0.221 e. The van der Waals surface area contributed by atoms with Crippen LogP contribution in [0.4, 0.5) is 0 Å². The lowest BCUT2D eigenvalue weighted by molar-refractivity contribution is -0.658. The number of aryl methyl sites for hydroxylation is 1. The van der Waals surface area contributed by atoms with E-state index in [-0.39, 0.29) is 0 Å². The highest BCUT2D eigenvalue weighted by atomic mass is 15.0. The molecule has 0 N–H and O–H groups in total. The summed E-state index contributed by atoms with van der Waals surface area (Å²) < 4.78 is 2.45. The third kappa shape index (κ3) is 2.48. The van der Waals surface area contributed by atoms with Gasteiger partial charge in [-0.15, -0.1) is 0 Å². The zero-order valence-corrected chi connectivity index (χ0v) is 18.0. The Morgan fingerprint density at radius 3 is 2.00 bits per heavy atom. The topological polar surface area (TPSA) is 3.88 Å². The number of benzene rings is 5. The summed E-state index contributed by atoms with van der Waals surface area (Å²) in [5.74, 6) is 0. The summed E-state index contributed by atoms with van der Waals surface area (Å²) in [5.41, 5.74) is 9.20. The van der Waals surface area contributed by atoms with E-state index in [1.54, 1.807) is 0 Å². The number of fused-ring (bicyclic) bond motifs is 3. The van der Waals surface area contributed by atoms with Gasteiger partial charge in [-0.2, -0.15) is 4.57 Å². The molecule has 0 atom stereocenters. The van der Waals surface area contributed by atoms with E-state index in [1.807, 2.05) is 0 Å². The molecule has 0 bridgehead atoms. The zero-order valence-electron chi connectivity index (χ0n) is 18.0. The highest BCUT2D eigenvalue weighted by Gasteiger charge is 2.28. The van der Waals surface area contributed by atoms with E-state index in [4.69, 9.17) is 0 Å². The number of nitrogens with zero attached hydrogens (tertiary/aromatic N) is 1. The molecule has 1 heteroatoms. The number of hydrogen-bond donors (Lipinski definition) is 0. The lowest BCUT2D eigenvalue weighted by Gasteiger charge is -2.11. The van der Waals surface area contributed by atoms with Crippen LogP contribution in [0.15, 0.2) is 103 Å². The van der Waals surface area contributed by atoms with Crippen molar-refractivity contribution in [2.75, 3.05) is 0 Å². The molecule has 1 aromatic heterocycles. The molecule has 7 rings (SSSR count). The zero-order chi connectivity index (χ0) is 21.2. The fraction of sp³-hybridized carbons (Fsp3) is 0.0645. The number of hydrogen-bond acceptors (Lipinski definition) is 0. The van der Waals surface area contributed by atoms with Crippen molar-refractivity contribution < 1.29 is 4.57 Å². The number of aromatic nitrogens is 1. The number of pyridine rings is 1. The second kappa shape index (κ2) is 6.51. The Labute approximate surface area is 187 Å². The van der Waals surface area contributed by atoms with Gasteiger partial charge in [0.05, 0.1) is 10.8 Å². The first-order chi connectivity index (χ1) is 15.8. The van der Waals surface area contributed by atoms with E-state index >= 15 is 0 Å². The van der Waals surface area contributed by atoms with E-state index in [1.165, 1.54) is 65.8 Å². The van der Waals surface area contributed by atoms with Gasteiger partial charge < -0.3 is 0 Å². The Kier molecular flexibility index (Phi) is 3.60. The van der Waals surface area contributed by atoms with Crippen LogP contribution >= 0.6 is 0 Å². The molecule has 0 aliphatic carbocycles. The fourth-order valence-electron chi connectivity index (χ4n) is 5.52. The third-order valence-corrected chi connectivity index (χ3v) is 6.89. The van der Waals surface area contributed by atoms with Crippen molar-refractivity contribution >= 4 is 32.4 Å². The van der Waals surface area contributed by atoms with Crippen LogP contribution in [-0.2, 0) is 6.54 Å². The first-order valence-corrected chi connectivity index (χ1v) is 11.2. The summed E-state index contributed by atoms with van der Waals surface area (Å²) in [6.45, 7) is 3.14. The third-order valence-electron chi connectivity index (χ3n) is 6.89. The number of rotatable bonds is 2. The average Bonchev–Trinajstić information content (AvgIpc) is 3.21. The molecule has 6 aromatic rings. The quantitative estimate of drug-likeness (QED) is 0.207. The van der Waals surface area contributed by atoms with Crippen molar-refractivity contribution in [1.82, 2.24) is 0 Å². The SMILES string of the molecule is Cc1cc2c3ccc(-c4ccccc4)cc3c3cc(-c4ccccc4)cc4c3c2[n+](c1)C4. The second-order valence-electron chi connectivity index (χ2n) is 8.96. The Morgan fingerprint density at radius 2 is 1.25 bits per heavy atom. The van der Waals surface area contributed by atoms with Crippen LogP contribution in [0.25, 0.3) is 54.7 Å². The van der Waals surface area contributed by atoms with Crippen molar-refractivity contribution in [2.24, 2.45) is 0 Å². The lowest BCUT2D eigenvalue weighted by atomic mass is 9.90. The Bertz CT molecular complexity index is 1680. The standard InChI is InChI=1S/C31H22N/c1-20-14-29-26-13-12-23(21-8-4-2-5-9-21)16-27(26)28-17-24(22-10-6-3-7-11-22)15-25-19-32(18-20)31(29)30(25)28/h2-18H,19H2,1H3/q+1. The van der Waals surface area contributed by atoms with E-state index in [0.717, 1.165) is 6.54 Å². The van der Waals surface area contributed by atoms with Crippen molar-refractivity contribution in [2.45, 2.75) is 13.5 Å². The molecule has 0 fully saturated rings. The molecule has 5 aromatic carbocycles. The van der Waals surface area contributed by atoms with Crippen LogP contribution in [0.2, 0.25) is 0 Å². The van der Waals surface area contributed by atoms with Gasteiger partial charge in [0.15, 0.2) is 12.7 Å². The molecule has 1 aliphatic rings. The minimum atomic E-state index is 0.937. The first kappa shape index (κ1) is 17.7. The summed E-state index contributed by atoms with van der Waals surface area (Å²) in [4.78, 5) is 0. The van der Waals surface area contributed by atoms with Crippen LogP contribution in [0, 0.1) is 6.92 Å². The predicted molar refractivity (Wildman–Crippen MR) is 134 cm³/mol. The highest BCUT2D eigenvalue weighted by Crippen LogP contribution is 2.41. The molecule has 0 saturated heterocycles. The van der Waals surface area contributed by atoms with Gasteiger partial charge >= 0.3 is 0 Å². The maximum Gasteiger partial charge on any atom is 0.221 e. The van der Waals surface area contributed by atoms with E-state index in [9.17, 15) is 0 Å². The summed E-state index contributed by atoms with van der Waals surface area (Å²) in [6.07, 6.45) is 2.30. The van der Waals surface area contributed by atoms with Crippen molar-refractivity contribution in [3.05, 3.63) is 114 Å². The van der Waals surface area contributed by atoms with E-state index in [0.29, 0.717) is 0 Å². The Morgan fingerprint density at radius 1 is 0.562 bits per heavy atom. The minimum Gasteiger partial charge on any atom is -0.193 e. The van der Waals surface area contributed by atoms with E-state index in [2.05, 4.69) is 115 Å². The second-order valence-corrected chi connectivity index (χ2v) is 8.96. The molecule has 0 saturated carbocycles. The molecule has 32 heavy (non-hydrogen) atoms. The molecular weight excluding hydrogens is 386 g/mol. The van der Waals surface area contributed by atoms with Gasteiger partial charge in [0, 0.05) is 11.1 Å². The molecule has 0 amide bonds. The van der Waals surface area contributed by atoms with Crippen LogP contribution < -0.4 is 4.57 Å². The maximum atomic E-state index is 2.45. The van der Waals surface area contributed by atoms with Crippen LogP contribution in [0.1, 0.15) is 11.1 Å². The van der Waals surface area contributed by atoms with Gasteiger partial charge in [0.2, 0.25) is 5.52 Å². The average molecular weight is 409 g/mol. The van der Waals surface area contributed by atoms with Gasteiger partial charge in [0.25, 0.3) is 0 Å². The summed E-state index contributed by atoms with van der Waals surface area (Å²) in [7, 11) is 0. The highest BCUT2D eigenvalue weighted by molar-refractivity contribution is 6.25. The fourth-order valence-corrected chi connectivity index (χ4v) is 5.52. The molecule has 0 radical (unpaired) electrons. The van der Waals surface area contributed by atoms with Gasteiger partial charge in [-0.1, -0.05) is 72.8 Å². The lowest BCUT2D eigenvalue weighted by Crippen LogP contribution is -2.31. The van der Waals surface area contributed by atoms with Crippen LogP contribution in [0.3, 0.4) is 0 Å². The smallest absolute Gasteiger partial charge is 0.193 e. The molecule has 0 spiro atoms. The maximum absolute atomic E-state index is 2.45. The summed E-state index contributed by atoms with van der Waals surface area (Å²) in [5, 5.41) is 6.81. The summed E-state index contributed by atoms with van der Waals surface area (Å²) >= 11 is 0. The Balaban J connectivity index is 1.65. The summed E-state index contributed by atoms with van der Waals surface area (Å²) in [6, 6.07) is 35.6. The normalized spacial score (nSPS) is 12.4. The molecule has 0 unspecified atom stereocenters. The van der Waals surface area contributed by atoms with E-state index < -0.39 is 0 Å². The van der Waals surface area contributed by atoms with Gasteiger partial charge in [0.1, 0.15) is 0 Å². The minimum absolute atomic E-state index is 0.937. The molecule has 1 nitrogen and oxygen atoms in total. The van der Waals surface area contributed by atoms with Gasteiger partial charge in [-0.05, 0) is 69.6 Å². The molecular formula is C31H22N+. The van der Waals surface area contributed by atoms with Crippen molar-refractivity contribution in [3.63, 3.8) is 0 Å². The van der Waals surface area contributed by atoms with Gasteiger partial charge in [-0.25, -0.2) is 0 Å². The van der Waals surface area contributed by atoms with Crippen LogP contribution in [-0.4, -0.2) is 0 Å². The van der Waals surface area contributed by atoms with Crippen molar-refractivity contribution in [1.29, 1.82) is 0 Å². The van der Waals surface area contributed by atoms with Crippen LogP contribution in [0.5, 0.6) is 0 Å².